The van der Waals surface area contributed by atoms with Gasteiger partial charge in [-0.05, 0) is 62.2 Å². The topological polar surface area (TPSA) is 73.9 Å². The van der Waals surface area contributed by atoms with Crippen LogP contribution in [-0.2, 0) is 14.8 Å². The van der Waals surface area contributed by atoms with Crippen molar-refractivity contribution in [3.05, 3.63) is 54.1 Å². The monoisotopic (exact) mass is 393 g/mol. The second kappa shape index (κ2) is 10.9. The summed E-state index contributed by atoms with van der Waals surface area (Å²) in [5, 5.41) is 0. The van der Waals surface area contributed by atoms with Crippen LogP contribution < -0.4 is 14.2 Å². The van der Waals surface area contributed by atoms with Gasteiger partial charge in [-0.1, -0.05) is 12.1 Å². The number of ether oxygens (including phenoxy) is 3. The van der Waals surface area contributed by atoms with E-state index in [2.05, 4.69) is 4.72 Å². The van der Waals surface area contributed by atoms with Crippen molar-refractivity contribution in [1.29, 1.82) is 0 Å². The molecule has 2 rings (SSSR count). The molecule has 7 heteroatoms. The highest BCUT2D eigenvalue weighted by Crippen LogP contribution is 2.16. The molecule has 0 amide bonds. The van der Waals surface area contributed by atoms with Crippen molar-refractivity contribution in [2.45, 2.75) is 25.2 Å². The van der Waals surface area contributed by atoms with Gasteiger partial charge in [0.1, 0.15) is 18.1 Å². The Balaban J connectivity index is 1.73. The number of nitrogens with one attached hydrogen (secondary N) is 1. The van der Waals surface area contributed by atoms with E-state index in [1.807, 2.05) is 38.1 Å². The summed E-state index contributed by atoms with van der Waals surface area (Å²) >= 11 is 0. The third-order valence-electron chi connectivity index (χ3n) is 3.71. The predicted octanol–water partition coefficient (Wildman–Crippen LogP) is 3.16. The molecular formula is C20H27NO5S. The minimum absolute atomic E-state index is 0.208. The summed E-state index contributed by atoms with van der Waals surface area (Å²) < 4.78 is 43.5. The molecule has 0 fully saturated rings. The molecule has 0 spiro atoms. The van der Waals surface area contributed by atoms with Gasteiger partial charge >= 0.3 is 0 Å². The second-order valence-corrected chi connectivity index (χ2v) is 7.70. The Kier molecular flexibility index (Phi) is 8.57. The van der Waals surface area contributed by atoms with Gasteiger partial charge in [0.15, 0.2) is 0 Å². The molecule has 6 nitrogen and oxygen atoms in total. The standard InChI is InChI=1S/C20H27NO5S/c1-3-24-14-15-26-18-8-10-20(11-9-18)27(22,23)21-12-5-13-25-19-7-4-6-17(2)16-19/h4,6-11,16,21H,3,5,12-15H2,1-2H3. The van der Waals surface area contributed by atoms with Crippen LogP contribution in [0, 0.1) is 6.92 Å². The van der Waals surface area contributed by atoms with E-state index in [-0.39, 0.29) is 4.90 Å². The van der Waals surface area contributed by atoms with E-state index in [0.29, 0.717) is 45.1 Å². The van der Waals surface area contributed by atoms with Crippen LogP contribution in [0.5, 0.6) is 11.5 Å². The average Bonchev–Trinajstić information content (AvgIpc) is 2.65. The van der Waals surface area contributed by atoms with E-state index in [1.54, 1.807) is 12.1 Å². The van der Waals surface area contributed by atoms with Crippen LogP contribution in [0.25, 0.3) is 0 Å². The van der Waals surface area contributed by atoms with E-state index < -0.39 is 10.0 Å². The van der Waals surface area contributed by atoms with Crippen LogP contribution in [0.2, 0.25) is 0 Å². The van der Waals surface area contributed by atoms with Gasteiger partial charge in [-0.25, -0.2) is 13.1 Å². The molecule has 0 heterocycles. The molecular weight excluding hydrogens is 366 g/mol. The summed E-state index contributed by atoms with van der Waals surface area (Å²) in [4.78, 5) is 0.208. The minimum atomic E-state index is -3.54. The summed E-state index contributed by atoms with van der Waals surface area (Å²) in [7, 11) is -3.54. The summed E-state index contributed by atoms with van der Waals surface area (Å²) in [5.74, 6) is 1.40. The van der Waals surface area contributed by atoms with Crippen molar-refractivity contribution in [3.8, 4) is 11.5 Å². The Hall–Kier alpha value is -2.09. The maximum absolute atomic E-state index is 12.3. The Labute approximate surface area is 161 Å². The Morgan fingerprint density at radius 2 is 1.67 bits per heavy atom. The van der Waals surface area contributed by atoms with Crippen molar-refractivity contribution in [2.24, 2.45) is 0 Å². The number of hydrogen-bond donors (Lipinski definition) is 1. The highest BCUT2D eigenvalue weighted by molar-refractivity contribution is 7.89. The molecule has 0 bridgehead atoms. The fourth-order valence-corrected chi connectivity index (χ4v) is 3.41. The van der Waals surface area contributed by atoms with Gasteiger partial charge < -0.3 is 14.2 Å². The Morgan fingerprint density at radius 1 is 0.926 bits per heavy atom. The second-order valence-electron chi connectivity index (χ2n) is 5.93. The number of sulfonamides is 1. The van der Waals surface area contributed by atoms with Gasteiger partial charge in [0.25, 0.3) is 0 Å². The highest BCUT2D eigenvalue weighted by atomic mass is 32.2. The summed E-state index contributed by atoms with van der Waals surface area (Å²) in [5.41, 5.74) is 1.12. The Morgan fingerprint density at radius 3 is 2.37 bits per heavy atom. The number of rotatable bonds is 12. The first kappa shape index (κ1) is 21.2. The van der Waals surface area contributed by atoms with Gasteiger partial charge in [0, 0.05) is 13.2 Å². The molecule has 0 unspecified atom stereocenters. The lowest BCUT2D eigenvalue weighted by molar-refractivity contribution is 0.110. The van der Waals surface area contributed by atoms with E-state index in [0.717, 1.165) is 11.3 Å². The zero-order chi connectivity index (χ0) is 19.5. The van der Waals surface area contributed by atoms with Crippen LogP contribution in [0.3, 0.4) is 0 Å². The van der Waals surface area contributed by atoms with Crippen molar-refractivity contribution in [2.75, 3.05) is 33.0 Å². The molecule has 0 radical (unpaired) electrons. The van der Waals surface area contributed by atoms with Crippen molar-refractivity contribution >= 4 is 10.0 Å². The van der Waals surface area contributed by atoms with Crippen LogP contribution in [0.1, 0.15) is 18.9 Å². The molecule has 0 saturated heterocycles. The third kappa shape index (κ3) is 7.58. The number of aryl methyl sites for hydroxylation is 1. The van der Waals surface area contributed by atoms with E-state index >= 15 is 0 Å². The zero-order valence-electron chi connectivity index (χ0n) is 15.8. The zero-order valence-corrected chi connectivity index (χ0v) is 16.6. The lowest BCUT2D eigenvalue weighted by Crippen LogP contribution is -2.25. The smallest absolute Gasteiger partial charge is 0.240 e. The summed E-state index contributed by atoms with van der Waals surface area (Å²) in [6.45, 7) is 6.24. The van der Waals surface area contributed by atoms with Gasteiger partial charge in [-0.3, -0.25) is 0 Å². The summed E-state index contributed by atoms with van der Waals surface area (Å²) in [6, 6.07) is 14.1. The van der Waals surface area contributed by atoms with Crippen LogP contribution in [0.4, 0.5) is 0 Å². The molecule has 0 aliphatic rings. The maximum atomic E-state index is 12.3. The molecule has 0 aromatic heterocycles. The van der Waals surface area contributed by atoms with Crippen molar-refractivity contribution < 1.29 is 22.6 Å². The molecule has 27 heavy (non-hydrogen) atoms. The molecule has 0 aliphatic heterocycles. The first-order valence-electron chi connectivity index (χ1n) is 9.01. The fourth-order valence-electron chi connectivity index (χ4n) is 2.33. The third-order valence-corrected chi connectivity index (χ3v) is 5.18. The fraction of sp³-hybridized carbons (Fsp3) is 0.400. The SMILES string of the molecule is CCOCCOc1ccc(S(=O)(=O)NCCCOc2cccc(C)c2)cc1. The number of hydrogen-bond acceptors (Lipinski definition) is 5. The van der Waals surface area contributed by atoms with Crippen molar-refractivity contribution in [3.63, 3.8) is 0 Å². The van der Waals surface area contributed by atoms with Crippen LogP contribution >= 0.6 is 0 Å². The van der Waals surface area contributed by atoms with Crippen LogP contribution in [0.15, 0.2) is 53.4 Å². The first-order chi connectivity index (χ1) is 13.0. The minimum Gasteiger partial charge on any atom is -0.494 e. The van der Waals surface area contributed by atoms with Gasteiger partial charge in [-0.2, -0.15) is 0 Å². The van der Waals surface area contributed by atoms with Gasteiger partial charge in [0.2, 0.25) is 10.0 Å². The van der Waals surface area contributed by atoms with E-state index in [1.165, 1.54) is 12.1 Å². The Bertz CT molecular complexity index is 790. The van der Waals surface area contributed by atoms with Crippen molar-refractivity contribution in [1.82, 2.24) is 4.72 Å². The lowest BCUT2D eigenvalue weighted by atomic mass is 10.2. The molecule has 0 atom stereocenters. The molecule has 148 valence electrons. The highest BCUT2D eigenvalue weighted by Gasteiger charge is 2.13. The normalized spacial score (nSPS) is 11.3. The molecule has 2 aromatic carbocycles. The average molecular weight is 394 g/mol. The summed E-state index contributed by atoms with van der Waals surface area (Å²) in [6.07, 6.45) is 0.575. The molecule has 0 aliphatic carbocycles. The molecule has 2 aromatic rings. The predicted molar refractivity (Wildman–Crippen MR) is 105 cm³/mol. The van der Waals surface area contributed by atoms with Crippen LogP contribution in [-0.4, -0.2) is 41.4 Å². The molecule has 0 saturated carbocycles. The largest absolute Gasteiger partial charge is 0.494 e. The first-order valence-corrected chi connectivity index (χ1v) is 10.5. The van der Waals surface area contributed by atoms with E-state index in [9.17, 15) is 8.42 Å². The van der Waals surface area contributed by atoms with Gasteiger partial charge in [0.05, 0.1) is 18.1 Å². The van der Waals surface area contributed by atoms with Gasteiger partial charge in [-0.15, -0.1) is 0 Å². The van der Waals surface area contributed by atoms with E-state index in [4.69, 9.17) is 14.2 Å². The maximum Gasteiger partial charge on any atom is 0.240 e. The quantitative estimate of drug-likeness (QED) is 0.561. The molecule has 1 N–H and O–H groups in total. The lowest BCUT2D eigenvalue weighted by Gasteiger charge is -2.10. The number of benzene rings is 2.